The van der Waals surface area contributed by atoms with Crippen LogP contribution in [0.2, 0.25) is 0 Å². The van der Waals surface area contributed by atoms with Crippen molar-refractivity contribution in [2.24, 2.45) is 0 Å². The van der Waals surface area contributed by atoms with Gasteiger partial charge in [-0.1, -0.05) is 18.2 Å². The van der Waals surface area contributed by atoms with E-state index in [1.165, 1.54) is 0 Å². The zero-order chi connectivity index (χ0) is 13.2. The van der Waals surface area contributed by atoms with E-state index in [-0.39, 0.29) is 0 Å². The van der Waals surface area contributed by atoms with Gasteiger partial charge in [-0.2, -0.15) is 0 Å². The third-order valence-corrected chi connectivity index (χ3v) is 3.07. The van der Waals surface area contributed by atoms with E-state index in [2.05, 4.69) is 4.98 Å². The standard InChI is InChI=1S/C16H15NO2/c1-11(18)10-12-7-8-16(19-12)14-4-2-6-15-13(14)5-3-9-17-15/h2-9,11,18H,10H2,1H3. The van der Waals surface area contributed by atoms with E-state index >= 15 is 0 Å². The van der Waals surface area contributed by atoms with Gasteiger partial charge in [-0.25, -0.2) is 0 Å². The zero-order valence-corrected chi connectivity index (χ0v) is 10.7. The molecule has 0 radical (unpaired) electrons. The van der Waals surface area contributed by atoms with Gasteiger partial charge in [-0.05, 0) is 31.2 Å². The van der Waals surface area contributed by atoms with Crippen molar-refractivity contribution in [3.63, 3.8) is 0 Å². The molecule has 3 rings (SSSR count). The van der Waals surface area contributed by atoms with Crippen LogP contribution in [0.1, 0.15) is 12.7 Å². The first kappa shape index (κ1) is 11.9. The fourth-order valence-electron chi connectivity index (χ4n) is 2.24. The summed E-state index contributed by atoms with van der Waals surface area (Å²) in [5, 5.41) is 10.5. The van der Waals surface area contributed by atoms with Crippen molar-refractivity contribution >= 4 is 10.9 Å². The van der Waals surface area contributed by atoms with Gasteiger partial charge in [0.05, 0.1) is 11.6 Å². The summed E-state index contributed by atoms with van der Waals surface area (Å²) < 4.78 is 5.80. The lowest BCUT2D eigenvalue weighted by Crippen LogP contribution is -2.02. The molecular weight excluding hydrogens is 238 g/mol. The number of hydrogen-bond acceptors (Lipinski definition) is 3. The van der Waals surface area contributed by atoms with Gasteiger partial charge in [0.2, 0.25) is 0 Å². The van der Waals surface area contributed by atoms with Gasteiger partial charge < -0.3 is 9.52 Å². The van der Waals surface area contributed by atoms with E-state index in [4.69, 9.17) is 4.42 Å². The Morgan fingerprint density at radius 3 is 2.89 bits per heavy atom. The summed E-state index contributed by atoms with van der Waals surface area (Å²) in [4.78, 5) is 4.34. The Balaban J connectivity index is 2.06. The zero-order valence-electron chi connectivity index (χ0n) is 10.7. The number of benzene rings is 1. The molecule has 0 aliphatic carbocycles. The maximum Gasteiger partial charge on any atom is 0.134 e. The molecule has 2 aromatic heterocycles. The number of nitrogens with zero attached hydrogens (tertiary/aromatic N) is 1. The van der Waals surface area contributed by atoms with Crippen molar-refractivity contribution in [3.05, 3.63) is 54.4 Å². The van der Waals surface area contributed by atoms with Gasteiger partial charge in [0.15, 0.2) is 0 Å². The third-order valence-electron chi connectivity index (χ3n) is 3.07. The van der Waals surface area contributed by atoms with Crippen molar-refractivity contribution < 1.29 is 9.52 Å². The normalized spacial score (nSPS) is 12.7. The molecule has 0 fully saturated rings. The minimum Gasteiger partial charge on any atom is -0.461 e. The Hall–Kier alpha value is -2.13. The summed E-state index contributed by atoms with van der Waals surface area (Å²) in [5.41, 5.74) is 1.98. The molecule has 19 heavy (non-hydrogen) atoms. The lowest BCUT2D eigenvalue weighted by Gasteiger charge is -2.03. The van der Waals surface area contributed by atoms with E-state index in [9.17, 15) is 5.11 Å². The number of pyridine rings is 1. The van der Waals surface area contributed by atoms with Crippen molar-refractivity contribution in [2.45, 2.75) is 19.4 Å². The largest absolute Gasteiger partial charge is 0.461 e. The first-order valence-corrected chi connectivity index (χ1v) is 6.35. The summed E-state index contributed by atoms with van der Waals surface area (Å²) in [6.07, 6.45) is 1.92. The predicted molar refractivity (Wildman–Crippen MR) is 74.8 cm³/mol. The topological polar surface area (TPSA) is 46.3 Å². The first-order valence-electron chi connectivity index (χ1n) is 6.35. The second kappa shape index (κ2) is 4.86. The highest BCUT2D eigenvalue weighted by molar-refractivity contribution is 5.93. The van der Waals surface area contributed by atoms with Crippen LogP contribution in [-0.2, 0) is 6.42 Å². The molecule has 1 aromatic carbocycles. The van der Waals surface area contributed by atoms with E-state index in [1.807, 2.05) is 42.5 Å². The molecule has 3 aromatic rings. The number of furan rings is 1. The Labute approximate surface area is 111 Å². The summed E-state index contributed by atoms with van der Waals surface area (Å²) in [6.45, 7) is 1.75. The molecule has 1 N–H and O–H groups in total. The third kappa shape index (κ3) is 2.37. The molecule has 1 atom stereocenters. The first-order chi connectivity index (χ1) is 9.24. The second-order valence-electron chi connectivity index (χ2n) is 4.69. The van der Waals surface area contributed by atoms with Crippen LogP contribution in [0.15, 0.2) is 53.1 Å². The maximum absolute atomic E-state index is 9.39. The quantitative estimate of drug-likeness (QED) is 0.778. The summed E-state index contributed by atoms with van der Waals surface area (Å²) in [5.74, 6) is 1.61. The van der Waals surface area contributed by atoms with Crippen molar-refractivity contribution in [3.8, 4) is 11.3 Å². The molecule has 0 saturated heterocycles. The molecule has 0 spiro atoms. The Kier molecular flexibility index (Phi) is 3.05. The molecule has 0 amide bonds. The fraction of sp³-hybridized carbons (Fsp3) is 0.188. The summed E-state index contributed by atoms with van der Waals surface area (Å²) in [6, 6.07) is 13.8. The van der Waals surface area contributed by atoms with E-state index < -0.39 is 6.10 Å². The molecule has 3 heteroatoms. The van der Waals surface area contributed by atoms with Crippen LogP contribution in [0, 0.1) is 0 Å². The number of hydrogen-bond donors (Lipinski definition) is 1. The highest BCUT2D eigenvalue weighted by Gasteiger charge is 2.09. The summed E-state index contributed by atoms with van der Waals surface area (Å²) >= 11 is 0. The van der Waals surface area contributed by atoms with Crippen molar-refractivity contribution in [2.75, 3.05) is 0 Å². The minimum atomic E-state index is -0.395. The highest BCUT2D eigenvalue weighted by Crippen LogP contribution is 2.29. The van der Waals surface area contributed by atoms with Gasteiger partial charge in [0.25, 0.3) is 0 Å². The van der Waals surface area contributed by atoms with Crippen molar-refractivity contribution in [1.29, 1.82) is 0 Å². The van der Waals surface area contributed by atoms with Crippen LogP contribution in [0.5, 0.6) is 0 Å². The van der Waals surface area contributed by atoms with Gasteiger partial charge in [0.1, 0.15) is 11.5 Å². The Morgan fingerprint density at radius 1 is 1.16 bits per heavy atom. The van der Waals surface area contributed by atoms with Crippen LogP contribution in [-0.4, -0.2) is 16.2 Å². The molecule has 0 aliphatic rings. The van der Waals surface area contributed by atoms with Crippen LogP contribution in [0.25, 0.3) is 22.2 Å². The average molecular weight is 253 g/mol. The molecule has 2 heterocycles. The molecule has 0 aliphatic heterocycles. The predicted octanol–water partition coefficient (Wildman–Crippen LogP) is 3.42. The molecule has 0 bridgehead atoms. The molecule has 3 nitrogen and oxygen atoms in total. The van der Waals surface area contributed by atoms with Gasteiger partial charge >= 0.3 is 0 Å². The second-order valence-corrected chi connectivity index (χ2v) is 4.69. The molecular formula is C16H15NO2. The van der Waals surface area contributed by atoms with Gasteiger partial charge in [-0.3, -0.25) is 4.98 Å². The van der Waals surface area contributed by atoms with Crippen LogP contribution in [0.4, 0.5) is 0 Å². The highest BCUT2D eigenvalue weighted by atomic mass is 16.3. The molecule has 0 saturated carbocycles. The monoisotopic (exact) mass is 253 g/mol. The fourth-order valence-corrected chi connectivity index (χ4v) is 2.24. The van der Waals surface area contributed by atoms with E-state index in [1.54, 1.807) is 13.1 Å². The number of aromatic nitrogens is 1. The number of rotatable bonds is 3. The van der Waals surface area contributed by atoms with Crippen LogP contribution >= 0.6 is 0 Å². The van der Waals surface area contributed by atoms with Gasteiger partial charge in [0, 0.05) is 23.6 Å². The maximum atomic E-state index is 9.39. The SMILES string of the molecule is CC(O)Cc1ccc(-c2cccc3ncccc23)o1. The van der Waals surface area contributed by atoms with Crippen LogP contribution in [0.3, 0.4) is 0 Å². The van der Waals surface area contributed by atoms with Gasteiger partial charge in [-0.15, -0.1) is 0 Å². The lowest BCUT2D eigenvalue weighted by atomic mass is 10.1. The van der Waals surface area contributed by atoms with E-state index in [0.717, 1.165) is 28.0 Å². The number of fused-ring (bicyclic) bond motifs is 1. The van der Waals surface area contributed by atoms with E-state index in [0.29, 0.717) is 6.42 Å². The number of aliphatic hydroxyl groups excluding tert-OH is 1. The molecule has 96 valence electrons. The summed E-state index contributed by atoms with van der Waals surface area (Å²) in [7, 11) is 0. The Bertz CT molecular complexity index is 695. The Morgan fingerprint density at radius 2 is 2.05 bits per heavy atom. The number of aliphatic hydroxyl groups is 1. The smallest absolute Gasteiger partial charge is 0.134 e. The molecule has 1 unspecified atom stereocenters. The van der Waals surface area contributed by atoms with Crippen molar-refractivity contribution in [1.82, 2.24) is 4.98 Å². The lowest BCUT2D eigenvalue weighted by molar-refractivity contribution is 0.187. The van der Waals surface area contributed by atoms with Crippen LogP contribution < -0.4 is 0 Å². The average Bonchev–Trinajstić information content (AvgIpc) is 2.85. The minimum absolute atomic E-state index is 0.395.